The molecule has 0 saturated carbocycles. The summed E-state index contributed by atoms with van der Waals surface area (Å²) in [6.07, 6.45) is 0. The van der Waals surface area contributed by atoms with E-state index in [9.17, 15) is 17.3 Å². The molecule has 0 aliphatic heterocycles. The number of halogens is 4. The molecule has 1 nitrogen and oxygen atoms in total. The normalized spacial score (nSPS) is 12.2. The van der Waals surface area contributed by atoms with Crippen molar-refractivity contribution in [2.24, 2.45) is 0 Å². The minimum atomic E-state index is -5.27. The highest BCUT2D eigenvalue weighted by Crippen LogP contribution is 2.13. The van der Waals surface area contributed by atoms with Crippen LogP contribution in [-0.4, -0.2) is 26.0 Å². The first-order chi connectivity index (χ1) is 6.80. The van der Waals surface area contributed by atoms with E-state index in [2.05, 4.69) is 0 Å². The first-order valence-electron chi connectivity index (χ1n) is 4.43. The third-order valence-electron chi connectivity index (χ3n) is 1.91. The standard InChI is InChI=1S/C9H11BF4N/c1-15(2)6-7-3-4-9(11)8(5-7)10(12,13)14/h3-5H,6H2,1-2H3/q-1. The molecule has 0 radical (unpaired) electrons. The summed E-state index contributed by atoms with van der Waals surface area (Å²) in [5.74, 6) is -1.20. The molecule has 0 bridgehead atoms. The van der Waals surface area contributed by atoms with Crippen LogP contribution in [0.5, 0.6) is 0 Å². The quantitative estimate of drug-likeness (QED) is 0.555. The van der Waals surface area contributed by atoms with Gasteiger partial charge in [0, 0.05) is 6.54 Å². The summed E-state index contributed by atoms with van der Waals surface area (Å²) in [6, 6.07) is 3.10. The second-order valence-corrected chi connectivity index (χ2v) is 3.67. The summed E-state index contributed by atoms with van der Waals surface area (Å²) in [6.45, 7) is -4.91. The fraction of sp³-hybridized carbons (Fsp3) is 0.333. The zero-order valence-corrected chi connectivity index (χ0v) is 8.48. The highest BCUT2D eigenvalue weighted by atomic mass is 19.4. The SMILES string of the molecule is CN(C)Cc1ccc(F)c([B-](F)(F)F)c1. The molecular weight excluding hydrogens is 209 g/mol. The van der Waals surface area contributed by atoms with E-state index in [1.165, 1.54) is 6.07 Å². The summed E-state index contributed by atoms with van der Waals surface area (Å²) in [7, 11) is 3.48. The largest absolute Gasteiger partial charge is 0.512 e. The Morgan fingerprint density at radius 2 is 1.80 bits per heavy atom. The highest BCUT2D eigenvalue weighted by molar-refractivity contribution is 6.73. The first kappa shape index (κ1) is 12.0. The highest BCUT2D eigenvalue weighted by Gasteiger charge is 2.29. The maximum Gasteiger partial charge on any atom is 0.512 e. The van der Waals surface area contributed by atoms with Gasteiger partial charge in [-0.2, -0.15) is 0 Å². The zero-order chi connectivity index (χ0) is 11.6. The monoisotopic (exact) mass is 220 g/mol. The lowest BCUT2D eigenvalue weighted by molar-refractivity contribution is 0.402. The van der Waals surface area contributed by atoms with E-state index in [0.717, 1.165) is 12.1 Å². The van der Waals surface area contributed by atoms with Crippen LogP contribution < -0.4 is 5.46 Å². The fourth-order valence-corrected chi connectivity index (χ4v) is 1.31. The average Bonchev–Trinajstić information content (AvgIpc) is 2.05. The molecule has 1 aromatic rings. The summed E-state index contributed by atoms with van der Waals surface area (Å²) >= 11 is 0. The Kier molecular flexibility index (Phi) is 3.39. The molecule has 0 spiro atoms. The molecule has 0 amide bonds. The third kappa shape index (κ3) is 3.23. The Morgan fingerprint density at radius 3 is 2.27 bits per heavy atom. The van der Waals surface area contributed by atoms with Crippen molar-refractivity contribution < 1.29 is 17.3 Å². The number of nitrogens with zero attached hydrogens (tertiary/aromatic N) is 1. The van der Waals surface area contributed by atoms with Crippen LogP contribution >= 0.6 is 0 Å². The van der Waals surface area contributed by atoms with Crippen LogP contribution in [-0.2, 0) is 6.54 Å². The molecule has 15 heavy (non-hydrogen) atoms. The van der Waals surface area contributed by atoms with E-state index in [4.69, 9.17) is 0 Å². The van der Waals surface area contributed by atoms with E-state index in [-0.39, 0.29) is 0 Å². The maximum absolute atomic E-state index is 12.9. The van der Waals surface area contributed by atoms with Gasteiger partial charge in [-0.3, -0.25) is 0 Å². The van der Waals surface area contributed by atoms with Gasteiger partial charge in [0.2, 0.25) is 0 Å². The van der Waals surface area contributed by atoms with Gasteiger partial charge in [-0.15, -0.1) is 0 Å². The van der Waals surface area contributed by atoms with Gasteiger partial charge in [0.25, 0.3) is 0 Å². The van der Waals surface area contributed by atoms with Crippen LogP contribution in [0, 0.1) is 5.82 Å². The first-order valence-corrected chi connectivity index (χ1v) is 4.43. The van der Waals surface area contributed by atoms with Gasteiger partial charge >= 0.3 is 6.98 Å². The van der Waals surface area contributed by atoms with Crippen molar-refractivity contribution in [2.45, 2.75) is 6.54 Å². The minimum absolute atomic E-state index is 0.361. The van der Waals surface area contributed by atoms with Crippen LogP contribution in [0.2, 0.25) is 0 Å². The fourth-order valence-electron chi connectivity index (χ4n) is 1.31. The van der Waals surface area contributed by atoms with Crippen LogP contribution in [0.25, 0.3) is 0 Å². The van der Waals surface area contributed by atoms with Crippen molar-refractivity contribution in [1.29, 1.82) is 0 Å². The van der Waals surface area contributed by atoms with Crippen molar-refractivity contribution in [3.05, 3.63) is 29.6 Å². The van der Waals surface area contributed by atoms with Crippen molar-refractivity contribution in [3.8, 4) is 0 Å². The van der Waals surface area contributed by atoms with E-state index >= 15 is 0 Å². The van der Waals surface area contributed by atoms with Crippen molar-refractivity contribution in [2.75, 3.05) is 14.1 Å². The molecule has 1 aromatic carbocycles. The van der Waals surface area contributed by atoms with E-state index in [1.807, 2.05) is 0 Å². The molecule has 0 aliphatic rings. The van der Waals surface area contributed by atoms with Gasteiger partial charge in [-0.25, -0.2) is 4.39 Å². The molecule has 0 fully saturated rings. The van der Waals surface area contributed by atoms with Gasteiger partial charge in [-0.1, -0.05) is 17.6 Å². The Hall–Kier alpha value is -1.04. The molecule has 0 N–H and O–H groups in total. The predicted octanol–water partition coefficient (Wildman–Crippen LogP) is 1.94. The molecule has 0 heterocycles. The number of hydrogen-bond donors (Lipinski definition) is 0. The molecule has 0 unspecified atom stereocenters. The van der Waals surface area contributed by atoms with E-state index in [0.29, 0.717) is 12.1 Å². The van der Waals surface area contributed by atoms with Crippen LogP contribution in [0.1, 0.15) is 5.56 Å². The van der Waals surface area contributed by atoms with Crippen molar-refractivity contribution in [3.63, 3.8) is 0 Å². The number of hydrogen-bond acceptors (Lipinski definition) is 1. The second-order valence-electron chi connectivity index (χ2n) is 3.67. The Morgan fingerprint density at radius 1 is 1.20 bits per heavy atom. The van der Waals surface area contributed by atoms with Crippen molar-refractivity contribution in [1.82, 2.24) is 4.90 Å². The molecule has 0 aliphatic carbocycles. The van der Waals surface area contributed by atoms with E-state index in [1.54, 1.807) is 19.0 Å². The van der Waals surface area contributed by atoms with Crippen LogP contribution in [0.3, 0.4) is 0 Å². The second kappa shape index (κ2) is 4.22. The lowest BCUT2D eigenvalue weighted by Gasteiger charge is -2.18. The topological polar surface area (TPSA) is 3.24 Å². The van der Waals surface area contributed by atoms with Crippen LogP contribution in [0.15, 0.2) is 18.2 Å². The Balaban J connectivity index is 3.06. The summed E-state index contributed by atoms with van der Waals surface area (Å²) in [5, 5.41) is 0. The van der Waals surface area contributed by atoms with Crippen LogP contribution in [0.4, 0.5) is 17.3 Å². The molecule has 6 heteroatoms. The van der Waals surface area contributed by atoms with Gasteiger partial charge < -0.3 is 17.8 Å². The van der Waals surface area contributed by atoms with Gasteiger partial charge in [0.05, 0.1) is 5.82 Å². The molecule has 0 aromatic heterocycles. The smallest absolute Gasteiger partial charge is 0.445 e. The van der Waals surface area contributed by atoms with Gasteiger partial charge in [0.1, 0.15) is 0 Å². The summed E-state index contributed by atoms with van der Waals surface area (Å²) in [4.78, 5) is 1.72. The van der Waals surface area contributed by atoms with E-state index < -0.39 is 18.3 Å². The van der Waals surface area contributed by atoms with Gasteiger partial charge in [-0.05, 0) is 25.7 Å². The molecule has 1 rings (SSSR count). The zero-order valence-electron chi connectivity index (χ0n) is 8.48. The lowest BCUT2D eigenvalue weighted by Crippen LogP contribution is -2.37. The maximum atomic E-state index is 12.9. The molecule has 0 atom stereocenters. The molecule has 84 valence electrons. The number of benzene rings is 1. The summed E-state index contributed by atoms with van der Waals surface area (Å²) < 4.78 is 50.0. The molecular formula is C9H11BF4N-. The Labute approximate surface area is 85.8 Å². The predicted molar refractivity (Wildman–Crippen MR) is 52.5 cm³/mol. The lowest BCUT2D eigenvalue weighted by atomic mass is 9.79. The molecule has 0 saturated heterocycles. The third-order valence-corrected chi connectivity index (χ3v) is 1.91. The minimum Gasteiger partial charge on any atom is -0.445 e. The summed E-state index contributed by atoms with van der Waals surface area (Å²) in [5.41, 5.74) is -0.690. The van der Waals surface area contributed by atoms with Crippen molar-refractivity contribution >= 4 is 12.4 Å². The number of rotatable bonds is 3. The van der Waals surface area contributed by atoms with Gasteiger partial charge in [0.15, 0.2) is 0 Å². The Bertz CT molecular complexity index is 348. The average molecular weight is 220 g/mol.